The molecular formula is C16H14ClN3O2S. The first-order valence-electron chi connectivity index (χ1n) is 7.05. The number of benzene rings is 1. The van der Waals surface area contributed by atoms with Crippen molar-refractivity contribution in [2.24, 2.45) is 0 Å². The zero-order valence-corrected chi connectivity index (χ0v) is 13.9. The molecule has 0 atom stereocenters. The summed E-state index contributed by atoms with van der Waals surface area (Å²) in [6.45, 7) is 2.25. The highest BCUT2D eigenvalue weighted by atomic mass is 35.5. The van der Waals surface area contributed by atoms with E-state index in [2.05, 4.69) is 10.3 Å². The lowest BCUT2D eigenvalue weighted by molar-refractivity contribution is 0.0952. The van der Waals surface area contributed by atoms with Crippen LogP contribution in [0.2, 0.25) is 5.02 Å². The maximum atomic E-state index is 12.4. The summed E-state index contributed by atoms with van der Waals surface area (Å²) in [7, 11) is 0. The van der Waals surface area contributed by atoms with Gasteiger partial charge in [0.05, 0.1) is 0 Å². The van der Waals surface area contributed by atoms with Crippen LogP contribution in [0, 0.1) is 6.92 Å². The van der Waals surface area contributed by atoms with Gasteiger partial charge in [-0.15, -0.1) is 11.3 Å². The first-order valence-corrected chi connectivity index (χ1v) is 8.30. The highest BCUT2D eigenvalue weighted by Gasteiger charge is 2.14. The minimum absolute atomic E-state index is 0.0557. The van der Waals surface area contributed by atoms with E-state index >= 15 is 0 Å². The van der Waals surface area contributed by atoms with E-state index in [-0.39, 0.29) is 11.1 Å². The lowest BCUT2D eigenvalue weighted by Crippen LogP contribution is -2.32. The van der Waals surface area contributed by atoms with Crippen molar-refractivity contribution in [1.29, 1.82) is 0 Å². The predicted molar refractivity (Wildman–Crippen MR) is 91.6 cm³/mol. The largest absolute Gasteiger partial charge is 0.351 e. The van der Waals surface area contributed by atoms with Gasteiger partial charge in [-0.05, 0) is 31.0 Å². The van der Waals surface area contributed by atoms with Crippen molar-refractivity contribution >= 4 is 33.8 Å². The molecule has 0 bridgehead atoms. The number of thiazole rings is 1. The van der Waals surface area contributed by atoms with E-state index in [4.69, 9.17) is 11.6 Å². The zero-order valence-electron chi connectivity index (χ0n) is 12.4. The molecule has 0 aliphatic heterocycles. The van der Waals surface area contributed by atoms with Crippen LogP contribution < -0.4 is 10.9 Å². The van der Waals surface area contributed by atoms with Crippen LogP contribution >= 0.6 is 22.9 Å². The van der Waals surface area contributed by atoms with Gasteiger partial charge in [0, 0.05) is 28.8 Å². The van der Waals surface area contributed by atoms with Gasteiger partial charge in [0.25, 0.3) is 11.5 Å². The first-order chi connectivity index (χ1) is 11.1. The molecule has 0 aliphatic carbocycles. The van der Waals surface area contributed by atoms with Crippen LogP contribution in [0.4, 0.5) is 0 Å². The van der Waals surface area contributed by atoms with Crippen molar-refractivity contribution < 1.29 is 4.79 Å². The summed E-state index contributed by atoms with van der Waals surface area (Å²) in [6, 6.07) is 7.43. The summed E-state index contributed by atoms with van der Waals surface area (Å²) in [5.74, 6) is -0.406. The average molecular weight is 348 g/mol. The standard InChI is InChI=1S/C16H14ClN3O2S/c1-10-9-23-16-19-8-13(15(22)20(10)16)14(21)18-7-6-11-2-4-12(17)5-3-11/h2-5,8-9H,6-7H2,1H3,(H,18,21). The van der Waals surface area contributed by atoms with Crippen LogP contribution in [0.5, 0.6) is 0 Å². The lowest BCUT2D eigenvalue weighted by Gasteiger charge is -2.05. The number of hydrogen-bond acceptors (Lipinski definition) is 4. The number of carbonyl (C=O) groups excluding carboxylic acids is 1. The Bertz CT molecular complexity index is 915. The molecule has 0 fully saturated rings. The average Bonchev–Trinajstić information content (AvgIpc) is 2.91. The lowest BCUT2D eigenvalue weighted by atomic mass is 10.1. The number of carbonyl (C=O) groups is 1. The van der Waals surface area contributed by atoms with Gasteiger partial charge in [-0.3, -0.25) is 14.0 Å². The Balaban J connectivity index is 1.71. The van der Waals surface area contributed by atoms with E-state index in [9.17, 15) is 9.59 Å². The molecule has 0 spiro atoms. The third-order valence-corrected chi connectivity index (χ3v) is 4.68. The van der Waals surface area contributed by atoms with Gasteiger partial charge in [-0.2, -0.15) is 0 Å². The molecule has 2 heterocycles. The van der Waals surface area contributed by atoms with Gasteiger partial charge >= 0.3 is 0 Å². The Morgan fingerprint density at radius 2 is 2.09 bits per heavy atom. The second-order valence-corrected chi connectivity index (χ2v) is 6.38. The number of aromatic nitrogens is 2. The van der Waals surface area contributed by atoms with Gasteiger partial charge in [0.15, 0.2) is 4.96 Å². The molecular weight excluding hydrogens is 334 g/mol. The van der Waals surface area contributed by atoms with Crippen molar-refractivity contribution in [2.75, 3.05) is 6.54 Å². The Hall–Kier alpha value is -2.18. The van der Waals surface area contributed by atoms with E-state index in [1.54, 1.807) is 0 Å². The van der Waals surface area contributed by atoms with Crippen molar-refractivity contribution in [3.63, 3.8) is 0 Å². The van der Waals surface area contributed by atoms with Gasteiger partial charge in [0.1, 0.15) is 5.56 Å². The Labute approximate surface area is 141 Å². The monoisotopic (exact) mass is 347 g/mol. The number of hydrogen-bond donors (Lipinski definition) is 1. The fourth-order valence-electron chi connectivity index (χ4n) is 2.25. The maximum absolute atomic E-state index is 12.4. The van der Waals surface area contributed by atoms with E-state index in [1.807, 2.05) is 36.6 Å². The van der Waals surface area contributed by atoms with E-state index in [0.29, 0.717) is 22.9 Å². The van der Waals surface area contributed by atoms with E-state index < -0.39 is 5.91 Å². The number of rotatable bonds is 4. The molecule has 2 aromatic heterocycles. The van der Waals surface area contributed by atoms with Crippen molar-refractivity contribution in [2.45, 2.75) is 13.3 Å². The zero-order chi connectivity index (χ0) is 16.4. The fraction of sp³-hybridized carbons (Fsp3) is 0.188. The summed E-state index contributed by atoms with van der Waals surface area (Å²) in [5, 5.41) is 5.27. The topological polar surface area (TPSA) is 63.5 Å². The molecule has 1 N–H and O–H groups in total. The number of nitrogens with zero attached hydrogens (tertiary/aromatic N) is 2. The van der Waals surface area contributed by atoms with Gasteiger partial charge in [-0.1, -0.05) is 23.7 Å². The Kier molecular flexibility index (Phi) is 4.45. The number of amides is 1. The van der Waals surface area contributed by atoms with Crippen LogP contribution in [0.15, 0.2) is 40.6 Å². The predicted octanol–water partition coefficient (Wildman–Crippen LogP) is 2.69. The fourth-order valence-corrected chi connectivity index (χ4v) is 3.20. The van der Waals surface area contributed by atoms with Crippen molar-refractivity contribution in [3.8, 4) is 0 Å². The SMILES string of the molecule is Cc1csc2ncc(C(=O)NCCc3ccc(Cl)cc3)c(=O)n12. The molecule has 3 rings (SSSR count). The highest BCUT2D eigenvalue weighted by molar-refractivity contribution is 7.15. The minimum Gasteiger partial charge on any atom is -0.351 e. The van der Waals surface area contributed by atoms with Gasteiger partial charge in [0.2, 0.25) is 0 Å². The number of halogens is 1. The van der Waals surface area contributed by atoms with Gasteiger partial charge < -0.3 is 5.32 Å². The molecule has 0 radical (unpaired) electrons. The van der Waals surface area contributed by atoms with Crippen LogP contribution in [0.25, 0.3) is 4.96 Å². The van der Waals surface area contributed by atoms with E-state index in [0.717, 1.165) is 11.3 Å². The molecule has 0 saturated heterocycles. The second kappa shape index (κ2) is 6.52. The molecule has 118 valence electrons. The summed E-state index contributed by atoms with van der Waals surface area (Å²) in [6.07, 6.45) is 2.00. The minimum atomic E-state index is -0.406. The molecule has 7 heteroatoms. The number of aryl methyl sites for hydroxylation is 1. The van der Waals surface area contributed by atoms with Crippen molar-refractivity contribution in [3.05, 3.63) is 68.0 Å². The summed E-state index contributed by atoms with van der Waals surface area (Å²) < 4.78 is 1.46. The van der Waals surface area contributed by atoms with Crippen LogP contribution in [-0.4, -0.2) is 21.8 Å². The quantitative estimate of drug-likeness (QED) is 0.789. The molecule has 1 amide bonds. The summed E-state index contributed by atoms with van der Waals surface area (Å²) >= 11 is 7.21. The smallest absolute Gasteiger partial charge is 0.271 e. The third kappa shape index (κ3) is 3.28. The van der Waals surface area contributed by atoms with Crippen LogP contribution in [0.3, 0.4) is 0 Å². The number of fused-ring (bicyclic) bond motifs is 1. The van der Waals surface area contributed by atoms with Gasteiger partial charge in [-0.25, -0.2) is 4.98 Å². The molecule has 0 unspecified atom stereocenters. The van der Waals surface area contributed by atoms with Crippen molar-refractivity contribution in [1.82, 2.24) is 14.7 Å². The first kappa shape index (κ1) is 15.7. The molecule has 5 nitrogen and oxygen atoms in total. The summed E-state index contributed by atoms with van der Waals surface area (Å²) in [4.78, 5) is 29.3. The molecule has 3 aromatic rings. The molecule has 0 saturated carbocycles. The second-order valence-electron chi connectivity index (χ2n) is 5.10. The Morgan fingerprint density at radius 1 is 1.35 bits per heavy atom. The normalized spacial score (nSPS) is 10.9. The van der Waals surface area contributed by atoms with E-state index in [1.165, 1.54) is 21.9 Å². The number of nitrogens with one attached hydrogen (secondary N) is 1. The molecule has 0 aliphatic rings. The molecule has 23 heavy (non-hydrogen) atoms. The van der Waals surface area contributed by atoms with Crippen LogP contribution in [0.1, 0.15) is 21.6 Å². The van der Waals surface area contributed by atoms with Crippen LogP contribution in [-0.2, 0) is 6.42 Å². The maximum Gasteiger partial charge on any atom is 0.271 e. The summed E-state index contributed by atoms with van der Waals surface area (Å²) in [5.41, 5.74) is 1.56. The molecule has 1 aromatic carbocycles. The third-order valence-electron chi connectivity index (χ3n) is 3.47. The highest BCUT2D eigenvalue weighted by Crippen LogP contribution is 2.11. The Morgan fingerprint density at radius 3 is 2.83 bits per heavy atom.